The Balaban J connectivity index is 1.91. The number of aryl methyl sites for hydroxylation is 1. The molecule has 0 saturated carbocycles. The van der Waals surface area contributed by atoms with Crippen molar-refractivity contribution in [3.63, 3.8) is 0 Å². The molecular formula is C23H16F4N6O4S. The summed E-state index contributed by atoms with van der Waals surface area (Å²) < 4.78 is 80.8. The first kappa shape index (κ1) is 26.6. The zero-order chi connectivity index (χ0) is 28.0. The molecule has 0 amide bonds. The van der Waals surface area contributed by atoms with E-state index in [4.69, 9.17) is 0 Å². The Morgan fingerprint density at radius 3 is 2.39 bits per heavy atom. The molecule has 4 rings (SSSR count). The van der Waals surface area contributed by atoms with Gasteiger partial charge >= 0.3 is 6.18 Å². The molecule has 4 aromatic rings. The molecule has 0 fully saturated rings. The molecule has 0 bridgehead atoms. The second kappa shape index (κ2) is 9.47. The Bertz CT molecular complexity index is 1710. The van der Waals surface area contributed by atoms with Crippen molar-refractivity contribution >= 4 is 26.6 Å². The molecule has 15 heteroatoms. The number of pyridine rings is 2. The van der Waals surface area contributed by atoms with Crippen LogP contribution in [0.5, 0.6) is 0 Å². The van der Waals surface area contributed by atoms with Gasteiger partial charge in [-0.3, -0.25) is 19.7 Å². The van der Waals surface area contributed by atoms with Crippen molar-refractivity contribution in [2.24, 2.45) is 0 Å². The standard InChI is InChI=1S/C23H16F4N6O4S/c1-12-7-20-16(8-18(12)24)17(9-28)22(32(20)21-6-3-14(10-30-21)33(34)35)19-5-4-15(11-29-19)38(36,37)31-13(2)23(25,26)27/h3-8,10-11,13,31H,1-2H3/t13-/m0/s1. The lowest BCUT2D eigenvalue weighted by atomic mass is 10.1. The Morgan fingerprint density at radius 2 is 1.87 bits per heavy atom. The second-order valence-electron chi connectivity index (χ2n) is 8.18. The summed E-state index contributed by atoms with van der Waals surface area (Å²) in [5.74, 6) is -0.490. The summed E-state index contributed by atoms with van der Waals surface area (Å²) in [5, 5.41) is 21.2. The maximum atomic E-state index is 14.4. The number of nitriles is 1. The van der Waals surface area contributed by atoms with Gasteiger partial charge in [0.25, 0.3) is 5.69 Å². The molecule has 0 radical (unpaired) electrons. The van der Waals surface area contributed by atoms with E-state index in [0.29, 0.717) is 12.4 Å². The van der Waals surface area contributed by atoms with E-state index < -0.39 is 37.9 Å². The smallest absolute Gasteiger partial charge is 0.291 e. The van der Waals surface area contributed by atoms with Gasteiger partial charge in [-0.25, -0.2) is 17.8 Å². The maximum Gasteiger partial charge on any atom is 0.404 e. The van der Waals surface area contributed by atoms with E-state index in [0.717, 1.165) is 24.5 Å². The molecule has 38 heavy (non-hydrogen) atoms. The van der Waals surface area contributed by atoms with Crippen LogP contribution in [-0.4, -0.2) is 40.1 Å². The van der Waals surface area contributed by atoms with Gasteiger partial charge < -0.3 is 0 Å². The second-order valence-corrected chi connectivity index (χ2v) is 9.90. The number of sulfonamides is 1. The summed E-state index contributed by atoms with van der Waals surface area (Å²) in [7, 11) is -4.60. The van der Waals surface area contributed by atoms with Crippen molar-refractivity contribution in [2.75, 3.05) is 0 Å². The van der Waals surface area contributed by atoms with Gasteiger partial charge in [0.05, 0.1) is 27.4 Å². The van der Waals surface area contributed by atoms with Crippen LogP contribution in [0.3, 0.4) is 0 Å². The Hall–Kier alpha value is -4.42. The lowest BCUT2D eigenvalue weighted by Crippen LogP contribution is -2.42. The molecular weight excluding hydrogens is 532 g/mol. The third-order valence-electron chi connectivity index (χ3n) is 5.64. The van der Waals surface area contributed by atoms with Crippen LogP contribution in [0.4, 0.5) is 23.2 Å². The van der Waals surface area contributed by atoms with Crippen LogP contribution in [-0.2, 0) is 10.0 Å². The molecule has 0 spiro atoms. The van der Waals surface area contributed by atoms with Crippen molar-refractivity contribution in [1.82, 2.24) is 19.3 Å². The van der Waals surface area contributed by atoms with Crippen molar-refractivity contribution in [2.45, 2.75) is 31.0 Å². The fourth-order valence-corrected chi connectivity index (χ4v) is 4.84. The molecule has 10 nitrogen and oxygen atoms in total. The van der Waals surface area contributed by atoms with Crippen LogP contribution >= 0.6 is 0 Å². The van der Waals surface area contributed by atoms with Crippen LogP contribution in [0.25, 0.3) is 28.1 Å². The first-order valence-electron chi connectivity index (χ1n) is 10.7. The van der Waals surface area contributed by atoms with Gasteiger partial charge in [0, 0.05) is 17.6 Å². The highest BCUT2D eigenvalue weighted by molar-refractivity contribution is 7.89. The van der Waals surface area contributed by atoms with E-state index in [2.05, 4.69) is 9.97 Å². The maximum absolute atomic E-state index is 14.4. The molecule has 196 valence electrons. The molecule has 1 aromatic carbocycles. The van der Waals surface area contributed by atoms with E-state index in [1.807, 2.05) is 6.07 Å². The van der Waals surface area contributed by atoms with Crippen LogP contribution in [0.1, 0.15) is 18.1 Å². The first-order chi connectivity index (χ1) is 17.7. The number of fused-ring (bicyclic) bond motifs is 1. The van der Waals surface area contributed by atoms with Crippen LogP contribution in [0.15, 0.2) is 53.7 Å². The van der Waals surface area contributed by atoms with E-state index in [1.54, 1.807) is 0 Å². The summed E-state index contributed by atoms with van der Waals surface area (Å²) in [5.41, 5.74) is 0.270. The monoisotopic (exact) mass is 548 g/mol. The van der Waals surface area contributed by atoms with Gasteiger partial charge in [-0.05, 0) is 49.7 Å². The highest BCUT2D eigenvalue weighted by atomic mass is 32.2. The van der Waals surface area contributed by atoms with Crippen LogP contribution in [0.2, 0.25) is 0 Å². The quantitative estimate of drug-likeness (QED) is 0.212. The van der Waals surface area contributed by atoms with Crippen molar-refractivity contribution in [3.05, 3.63) is 75.9 Å². The third-order valence-corrected chi connectivity index (χ3v) is 7.17. The first-order valence-corrected chi connectivity index (χ1v) is 12.1. The van der Waals surface area contributed by atoms with Gasteiger partial charge in [0.2, 0.25) is 10.0 Å². The van der Waals surface area contributed by atoms with Crippen LogP contribution in [0, 0.1) is 34.2 Å². The SMILES string of the molecule is Cc1cc2c(cc1F)c(C#N)c(-c1ccc(S(=O)(=O)N[C@@H](C)C(F)(F)F)cn1)n2-c1ccc([N+](=O)[O-])cn1. The topological polar surface area (TPSA) is 144 Å². The predicted octanol–water partition coefficient (Wildman–Crippen LogP) is 4.54. The Morgan fingerprint density at radius 1 is 1.16 bits per heavy atom. The Kier molecular flexibility index (Phi) is 6.64. The number of rotatable bonds is 6. The number of nitrogens with one attached hydrogen (secondary N) is 1. The Labute approximate surface area is 212 Å². The summed E-state index contributed by atoms with van der Waals surface area (Å²) in [6, 6.07) is 6.86. The lowest BCUT2D eigenvalue weighted by molar-refractivity contribution is -0.385. The van der Waals surface area contributed by atoms with E-state index in [1.165, 1.54) is 40.5 Å². The highest BCUT2D eigenvalue weighted by Gasteiger charge is 2.39. The lowest BCUT2D eigenvalue weighted by Gasteiger charge is -2.17. The molecule has 3 aromatic heterocycles. The fraction of sp³-hybridized carbons (Fsp3) is 0.174. The number of nitro groups is 1. The zero-order valence-corrected chi connectivity index (χ0v) is 20.3. The number of aromatic nitrogens is 3. The number of benzene rings is 1. The normalized spacial score (nSPS) is 12.9. The minimum absolute atomic E-state index is 0.0128. The van der Waals surface area contributed by atoms with Gasteiger partial charge in [0.15, 0.2) is 0 Å². The number of hydrogen-bond donors (Lipinski definition) is 1. The molecule has 3 heterocycles. The third kappa shape index (κ3) is 4.78. The summed E-state index contributed by atoms with van der Waals surface area (Å²) >= 11 is 0. The minimum Gasteiger partial charge on any atom is -0.291 e. The van der Waals surface area contributed by atoms with Gasteiger partial charge in [-0.1, -0.05) is 0 Å². The fourth-order valence-electron chi connectivity index (χ4n) is 3.67. The molecule has 0 saturated heterocycles. The average Bonchev–Trinajstić information content (AvgIpc) is 3.16. The molecule has 0 aliphatic carbocycles. The van der Waals surface area contributed by atoms with Crippen LogP contribution < -0.4 is 4.72 Å². The zero-order valence-electron chi connectivity index (χ0n) is 19.5. The molecule has 0 aliphatic rings. The van der Waals surface area contributed by atoms with Gasteiger partial charge in [-0.15, -0.1) is 0 Å². The number of alkyl halides is 3. The van der Waals surface area contributed by atoms with E-state index >= 15 is 0 Å². The molecule has 1 N–H and O–H groups in total. The number of hydrogen-bond acceptors (Lipinski definition) is 7. The van der Waals surface area contributed by atoms with Crippen molar-refractivity contribution in [1.29, 1.82) is 5.26 Å². The van der Waals surface area contributed by atoms with E-state index in [9.17, 15) is 41.4 Å². The predicted molar refractivity (Wildman–Crippen MR) is 126 cm³/mol. The summed E-state index contributed by atoms with van der Waals surface area (Å²) in [6.45, 7) is 2.14. The average molecular weight is 548 g/mol. The number of nitrogens with zero attached hydrogens (tertiary/aromatic N) is 5. The van der Waals surface area contributed by atoms with Crippen molar-refractivity contribution in [3.8, 4) is 23.3 Å². The van der Waals surface area contributed by atoms with Crippen molar-refractivity contribution < 1.29 is 30.9 Å². The highest BCUT2D eigenvalue weighted by Crippen LogP contribution is 2.36. The largest absolute Gasteiger partial charge is 0.404 e. The van der Waals surface area contributed by atoms with Gasteiger partial charge in [-0.2, -0.15) is 23.2 Å². The summed E-state index contributed by atoms with van der Waals surface area (Å²) in [4.78, 5) is 18.0. The summed E-state index contributed by atoms with van der Waals surface area (Å²) in [6.07, 6.45) is -3.00. The van der Waals surface area contributed by atoms with E-state index in [-0.39, 0.29) is 39.4 Å². The minimum atomic E-state index is -4.81. The number of halogens is 4. The molecule has 0 aliphatic heterocycles. The molecule has 0 unspecified atom stereocenters. The molecule has 1 atom stereocenters. The van der Waals surface area contributed by atoms with Gasteiger partial charge in [0.1, 0.15) is 34.8 Å².